The van der Waals surface area contributed by atoms with Crippen LogP contribution in [0.2, 0.25) is 0 Å². The standard InChI is InChI=1S/C37H41N3O4/c1-35(2)21-25(19-32-36(3,4)28-11-7-9-13-30(28)39(32)16-15-34(42)43)27(23-38)26(22-35)20-33-37(5,6)29-12-8-10-14-31(29)40(33)17-18-44-24-41/h7-14,19-20,24H,15-18,21-22H2,1-6H3/p+1. The van der Waals surface area contributed by atoms with Crippen molar-refractivity contribution in [2.75, 3.05) is 24.6 Å². The van der Waals surface area contributed by atoms with Gasteiger partial charge in [-0.1, -0.05) is 64.1 Å². The Bertz CT molecular complexity index is 1680. The summed E-state index contributed by atoms with van der Waals surface area (Å²) >= 11 is 0. The average molecular weight is 593 g/mol. The molecule has 2 aromatic carbocycles. The summed E-state index contributed by atoms with van der Waals surface area (Å²) in [7, 11) is 0. The van der Waals surface area contributed by atoms with Gasteiger partial charge in [-0.05, 0) is 61.0 Å². The van der Waals surface area contributed by atoms with E-state index >= 15 is 0 Å². The van der Waals surface area contributed by atoms with E-state index in [1.54, 1.807) is 0 Å². The monoisotopic (exact) mass is 592 g/mol. The van der Waals surface area contributed by atoms with Gasteiger partial charge in [-0.25, -0.2) is 0 Å². The number of nitriles is 1. The van der Waals surface area contributed by atoms with Crippen LogP contribution >= 0.6 is 0 Å². The number of rotatable bonds is 9. The van der Waals surface area contributed by atoms with Crippen molar-refractivity contribution in [2.45, 2.75) is 71.6 Å². The lowest BCUT2D eigenvalue weighted by Gasteiger charge is -2.34. The van der Waals surface area contributed by atoms with Gasteiger partial charge in [0.25, 0.3) is 6.47 Å². The second kappa shape index (κ2) is 11.6. The van der Waals surface area contributed by atoms with E-state index in [1.165, 1.54) is 5.56 Å². The van der Waals surface area contributed by atoms with Crippen LogP contribution in [-0.4, -0.2) is 47.5 Å². The Hall–Kier alpha value is -4.44. The number of anilines is 1. The first kappa shape index (κ1) is 31.0. The van der Waals surface area contributed by atoms with Gasteiger partial charge in [0.15, 0.2) is 12.3 Å². The summed E-state index contributed by atoms with van der Waals surface area (Å²) in [5.74, 6) is -0.840. The molecule has 1 aliphatic carbocycles. The number of nitrogens with zero attached hydrogens (tertiary/aromatic N) is 3. The lowest BCUT2D eigenvalue weighted by molar-refractivity contribution is -0.436. The number of benzene rings is 2. The molecule has 7 heteroatoms. The van der Waals surface area contributed by atoms with Crippen LogP contribution in [0.1, 0.15) is 71.9 Å². The van der Waals surface area contributed by atoms with Gasteiger partial charge in [0.1, 0.15) is 13.0 Å². The van der Waals surface area contributed by atoms with Crippen molar-refractivity contribution in [1.82, 2.24) is 0 Å². The summed E-state index contributed by atoms with van der Waals surface area (Å²) in [5, 5.41) is 20.2. The smallest absolute Gasteiger partial charge is 0.309 e. The van der Waals surface area contributed by atoms with Crippen LogP contribution in [0.15, 0.2) is 83.1 Å². The molecule has 0 aromatic heterocycles. The van der Waals surface area contributed by atoms with E-state index in [-0.39, 0.29) is 29.3 Å². The molecule has 0 atom stereocenters. The highest BCUT2D eigenvalue weighted by Crippen LogP contribution is 2.50. The molecule has 0 fully saturated rings. The van der Waals surface area contributed by atoms with Crippen LogP contribution in [0.25, 0.3) is 0 Å². The number of carboxylic acid groups (broad SMARTS) is 1. The maximum atomic E-state index is 11.6. The van der Waals surface area contributed by atoms with Gasteiger partial charge < -0.3 is 14.7 Å². The fourth-order valence-corrected chi connectivity index (χ4v) is 7.28. The van der Waals surface area contributed by atoms with Crippen molar-refractivity contribution in [3.63, 3.8) is 0 Å². The average Bonchev–Trinajstić information content (AvgIpc) is 3.31. The minimum absolute atomic E-state index is 0.0141. The predicted molar refractivity (Wildman–Crippen MR) is 172 cm³/mol. The summed E-state index contributed by atoms with van der Waals surface area (Å²) in [6.07, 6.45) is 5.83. The third-order valence-corrected chi connectivity index (χ3v) is 9.36. The van der Waals surface area contributed by atoms with Crippen LogP contribution < -0.4 is 4.90 Å². The molecule has 0 radical (unpaired) electrons. The lowest BCUT2D eigenvalue weighted by Crippen LogP contribution is -2.31. The maximum Gasteiger partial charge on any atom is 0.309 e. The maximum absolute atomic E-state index is 11.6. The minimum Gasteiger partial charge on any atom is -0.481 e. The van der Waals surface area contributed by atoms with Gasteiger partial charge in [-0.2, -0.15) is 9.84 Å². The van der Waals surface area contributed by atoms with Crippen molar-refractivity contribution in [2.24, 2.45) is 5.41 Å². The SMILES string of the molecule is CC1(C)CC(/C=C2/N(CCOC=O)c3ccccc3C2(C)C)=C(C#N)C(=C/C2=[N+](CCC(=O)O)c3ccccc3C2(C)C)/C1. The summed E-state index contributed by atoms with van der Waals surface area (Å²) in [6.45, 7) is 14.8. The molecular formula is C37H42N3O4+. The highest BCUT2D eigenvalue weighted by molar-refractivity contribution is 6.04. The number of hydrogen-bond acceptors (Lipinski definition) is 5. The molecule has 0 saturated heterocycles. The van der Waals surface area contributed by atoms with Crippen molar-refractivity contribution in [3.8, 4) is 6.07 Å². The first-order valence-corrected chi connectivity index (χ1v) is 15.3. The van der Waals surface area contributed by atoms with Gasteiger partial charge in [-0.15, -0.1) is 0 Å². The highest BCUT2D eigenvalue weighted by atomic mass is 16.5. The second-order valence-electron chi connectivity index (χ2n) is 13.8. The number of ether oxygens (including phenoxy) is 1. The summed E-state index contributed by atoms with van der Waals surface area (Å²) in [4.78, 5) is 24.8. The van der Waals surface area contributed by atoms with E-state index in [9.17, 15) is 20.0 Å². The number of allylic oxidation sites excluding steroid dienone is 6. The van der Waals surface area contributed by atoms with Gasteiger partial charge >= 0.3 is 5.97 Å². The second-order valence-corrected chi connectivity index (χ2v) is 13.8. The first-order valence-electron chi connectivity index (χ1n) is 15.3. The largest absolute Gasteiger partial charge is 0.481 e. The molecule has 0 saturated carbocycles. The van der Waals surface area contributed by atoms with E-state index in [1.807, 2.05) is 24.3 Å². The molecule has 0 spiro atoms. The molecule has 2 aromatic rings. The number of aliphatic carboxylic acids is 1. The zero-order chi connectivity index (χ0) is 31.9. The molecule has 0 amide bonds. The zero-order valence-corrected chi connectivity index (χ0v) is 26.6. The molecule has 3 aliphatic rings. The Kier molecular flexibility index (Phi) is 8.15. The normalized spacial score (nSPS) is 21.3. The van der Waals surface area contributed by atoms with Crippen molar-refractivity contribution >= 4 is 29.5 Å². The van der Waals surface area contributed by atoms with Crippen LogP contribution in [0.4, 0.5) is 11.4 Å². The van der Waals surface area contributed by atoms with Crippen molar-refractivity contribution in [1.29, 1.82) is 5.26 Å². The predicted octanol–water partition coefficient (Wildman–Crippen LogP) is 6.96. The quantitative estimate of drug-likeness (QED) is 0.192. The Labute approximate surface area is 260 Å². The summed E-state index contributed by atoms with van der Waals surface area (Å²) in [5.41, 5.74) is 8.34. The number of hydrogen-bond donors (Lipinski definition) is 1. The van der Waals surface area contributed by atoms with E-state index in [0.29, 0.717) is 25.1 Å². The van der Waals surface area contributed by atoms with Crippen LogP contribution in [-0.2, 0) is 25.2 Å². The molecule has 2 aliphatic heterocycles. The highest BCUT2D eigenvalue weighted by Gasteiger charge is 2.46. The van der Waals surface area contributed by atoms with Gasteiger partial charge in [0.05, 0.1) is 23.6 Å². The molecule has 2 heterocycles. The van der Waals surface area contributed by atoms with Crippen LogP contribution in [0.3, 0.4) is 0 Å². The van der Waals surface area contributed by atoms with Gasteiger partial charge in [0.2, 0.25) is 5.69 Å². The topological polar surface area (TPSA) is 93.6 Å². The minimum atomic E-state index is -0.840. The van der Waals surface area contributed by atoms with E-state index in [2.05, 4.69) is 93.5 Å². The number of carbonyl (C=O) groups excluding carboxylic acids is 1. The third kappa shape index (κ3) is 5.50. The molecular weight excluding hydrogens is 550 g/mol. The molecule has 7 nitrogen and oxygen atoms in total. The number of fused-ring (bicyclic) bond motifs is 2. The van der Waals surface area contributed by atoms with Crippen LogP contribution in [0.5, 0.6) is 0 Å². The number of carbonyl (C=O) groups is 2. The third-order valence-electron chi connectivity index (χ3n) is 9.36. The molecule has 5 rings (SSSR count). The van der Waals surface area contributed by atoms with Gasteiger partial charge in [-0.3, -0.25) is 9.59 Å². The van der Waals surface area contributed by atoms with Crippen LogP contribution in [0, 0.1) is 16.7 Å². The van der Waals surface area contributed by atoms with Gasteiger partial charge in [0, 0.05) is 34.5 Å². The van der Waals surface area contributed by atoms with E-state index in [4.69, 9.17) is 4.74 Å². The van der Waals surface area contributed by atoms with Crippen molar-refractivity contribution < 1.29 is 24.0 Å². The van der Waals surface area contributed by atoms with Crippen molar-refractivity contribution in [3.05, 3.63) is 94.2 Å². The fraction of sp³-hybridized carbons (Fsp3) is 0.405. The molecule has 1 N–H and O–H groups in total. The summed E-state index contributed by atoms with van der Waals surface area (Å²) < 4.78 is 7.23. The Morgan fingerprint density at radius 1 is 1.00 bits per heavy atom. The fourth-order valence-electron chi connectivity index (χ4n) is 7.28. The molecule has 0 unspecified atom stereocenters. The number of para-hydroxylation sites is 2. The molecule has 0 bridgehead atoms. The van der Waals surface area contributed by atoms with E-state index < -0.39 is 5.97 Å². The Balaban J connectivity index is 1.68. The lowest BCUT2D eigenvalue weighted by atomic mass is 9.70. The molecule has 44 heavy (non-hydrogen) atoms. The first-order chi connectivity index (χ1) is 20.8. The molecule has 228 valence electrons. The zero-order valence-electron chi connectivity index (χ0n) is 26.6. The Morgan fingerprint density at radius 2 is 1.68 bits per heavy atom. The Morgan fingerprint density at radius 3 is 2.36 bits per heavy atom. The number of carboxylic acids is 1. The summed E-state index contributed by atoms with van der Waals surface area (Å²) in [6, 6.07) is 19.0. The van der Waals surface area contributed by atoms with E-state index in [0.717, 1.165) is 52.3 Å².